The maximum absolute atomic E-state index is 12.3. The van der Waals surface area contributed by atoms with E-state index < -0.39 is 10.7 Å². The number of carbonyl (C=O) groups is 1. The number of hydrogen-bond donors (Lipinski definition) is 2. The lowest BCUT2D eigenvalue weighted by atomic mass is 10.0. The first kappa shape index (κ1) is 16.2. The smallest absolute Gasteiger partial charge is 0.273 e. The number of aromatic hydroxyl groups is 2. The fourth-order valence-electron chi connectivity index (χ4n) is 2.47. The monoisotopic (exact) mass is 335 g/mol. The minimum absolute atomic E-state index is 0.136. The summed E-state index contributed by atoms with van der Waals surface area (Å²) in [6, 6.07) is 14.0. The van der Waals surface area contributed by atoms with E-state index in [0.717, 1.165) is 16.8 Å². The first-order chi connectivity index (χ1) is 12.0. The van der Waals surface area contributed by atoms with Crippen LogP contribution >= 0.6 is 0 Å². The highest BCUT2D eigenvalue weighted by Crippen LogP contribution is 2.27. The molecule has 6 heteroatoms. The number of phenols is 2. The predicted octanol–water partition coefficient (Wildman–Crippen LogP) is 4.06. The number of nitro groups is 1. The summed E-state index contributed by atoms with van der Waals surface area (Å²) < 4.78 is 0. The zero-order valence-electron chi connectivity index (χ0n) is 12.9. The van der Waals surface area contributed by atoms with Crippen molar-refractivity contribution >= 4 is 28.3 Å². The van der Waals surface area contributed by atoms with Crippen LogP contribution in [0.4, 0.5) is 5.69 Å². The van der Waals surface area contributed by atoms with Crippen molar-refractivity contribution in [1.29, 1.82) is 0 Å². The molecule has 0 amide bonds. The second-order valence-electron chi connectivity index (χ2n) is 5.41. The molecule has 124 valence electrons. The maximum Gasteiger partial charge on any atom is 0.273 e. The summed E-state index contributed by atoms with van der Waals surface area (Å²) in [7, 11) is 0. The molecule has 0 radical (unpaired) electrons. The van der Waals surface area contributed by atoms with Gasteiger partial charge in [-0.05, 0) is 41.1 Å². The van der Waals surface area contributed by atoms with Gasteiger partial charge < -0.3 is 10.2 Å². The van der Waals surface area contributed by atoms with Gasteiger partial charge in [0.25, 0.3) is 5.69 Å². The Kier molecular flexibility index (Phi) is 4.18. The fraction of sp³-hybridized carbons (Fsp3) is 0. The molecule has 3 aromatic carbocycles. The molecule has 3 rings (SSSR count). The van der Waals surface area contributed by atoms with Gasteiger partial charge in [-0.3, -0.25) is 14.9 Å². The van der Waals surface area contributed by atoms with Crippen molar-refractivity contribution in [3.05, 3.63) is 81.9 Å². The number of nitrogens with zero attached hydrogens (tertiary/aromatic N) is 1. The molecule has 0 aliphatic rings. The summed E-state index contributed by atoms with van der Waals surface area (Å²) in [6.45, 7) is 0. The second-order valence-corrected chi connectivity index (χ2v) is 5.41. The van der Waals surface area contributed by atoms with Gasteiger partial charge in [0.2, 0.25) is 0 Å². The zero-order valence-corrected chi connectivity index (χ0v) is 12.9. The Balaban J connectivity index is 1.91. The number of allylic oxidation sites excluding steroid dienone is 1. The quantitative estimate of drug-likeness (QED) is 0.324. The van der Waals surface area contributed by atoms with Crippen molar-refractivity contribution in [2.75, 3.05) is 0 Å². The molecule has 0 fully saturated rings. The summed E-state index contributed by atoms with van der Waals surface area (Å²) >= 11 is 0. The summed E-state index contributed by atoms with van der Waals surface area (Å²) in [5.74, 6) is -0.886. The molecular weight excluding hydrogens is 322 g/mol. The van der Waals surface area contributed by atoms with Crippen LogP contribution in [0.25, 0.3) is 16.8 Å². The Morgan fingerprint density at radius 2 is 1.64 bits per heavy atom. The third-order valence-electron chi connectivity index (χ3n) is 3.77. The SMILES string of the molecule is O=C(/C=C/c1ccc([N+](=O)[O-])cc1O)c1cc2ccccc2cc1O. The van der Waals surface area contributed by atoms with Crippen molar-refractivity contribution in [3.63, 3.8) is 0 Å². The lowest BCUT2D eigenvalue weighted by Gasteiger charge is -2.04. The van der Waals surface area contributed by atoms with Gasteiger partial charge in [0.1, 0.15) is 11.5 Å². The van der Waals surface area contributed by atoms with Gasteiger partial charge in [-0.25, -0.2) is 0 Å². The number of phenolic OH excluding ortho intramolecular Hbond substituents is 2. The van der Waals surface area contributed by atoms with Crippen LogP contribution in [0.1, 0.15) is 15.9 Å². The van der Waals surface area contributed by atoms with E-state index in [4.69, 9.17) is 0 Å². The third-order valence-corrected chi connectivity index (χ3v) is 3.77. The van der Waals surface area contributed by atoms with E-state index in [9.17, 15) is 25.1 Å². The Hall–Kier alpha value is -3.67. The molecule has 0 bridgehead atoms. The molecule has 0 aliphatic carbocycles. The topological polar surface area (TPSA) is 101 Å². The second kappa shape index (κ2) is 6.45. The lowest BCUT2D eigenvalue weighted by Crippen LogP contribution is -1.95. The van der Waals surface area contributed by atoms with Crippen LogP contribution in [0.5, 0.6) is 11.5 Å². The molecule has 6 nitrogen and oxygen atoms in total. The number of hydrogen-bond acceptors (Lipinski definition) is 5. The average molecular weight is 335 g/mol. The molecule has 0 saturated carbocycles. The number of rotatable bonds is 4. The summed E-state index contributed by atoms with van der Waals surface area (Å²) in [4.78, 5) is 22.4. The Bertz CT molecular complexity index is 1020. The normalized spacial score (nSPS) is 11.0. The van der Waals surface area contributed by atoms with Gasteiger partial charge in [0.05, 0.1) is 16.6 Å². The van der Waals surface area contributed by atoms with Gasteiger partial charge in [-0.2, -0.15) is 0 Å². The van der Waals surface area contributed by atoms with E-state index in [-0.39, 0.29) is 28.3 Å². The number of carbonyl (C=O) groups excluding carboxylic acids is 1. The first-order valence-electron chi connectivity index (χ1n) is 7.37. The van der Waals surface area contributed by atoms with Gasteiger partial charge >= 0.3 is 0 Å². The van der Waals surface area contributed by atoms with Crippen LogP contribution in [-0.2, 0) is 0 Å². The van der Waals surface area contributed by atoms with Crippen LogP contribution in [0, 0.1) is 10.1 Å². The van der Waals surface area contributed by atoms with Gasteiger partial charge in [0, 0.05) is 11.6 Å². The zero-order chi connectivity index (χ0) is 18.0. The molecule has 0 heterocycles. The molecule has 0 saturated heterocycles. The van der Waals surface area contributed by atoms with E-state index in [2.05, 4.69) is 0 Å². The maximum atomic E-state index is 12.3. The van der Waals surface area contributed by atoms with E-state index in [1.165, 1.54) is 30.4 Å². The van der Waals surface area contributed by atoms with E-state index >= 15 is 0 Å². The number of benzene rings is 3. The summed E-state index contributed by atoms with van der Waals surface area (Å²) in [5, 5.41) is 32.1. The van der Waals surface area contributed by atoms with Crippen molar-refractivity contribution in [2.45, 2.75) is 0 Å². The van der Waals surface area contributed by atoms with Crippen molar-refractivity contribution < 1.29 is 19.9 Å². The molecule has 3 aromatic rings. The van der Waals surface area contributed by atoms with E-state index in [0.29, 0.717) is 0 Å². The number of fused-ring (bicyclic) bond motifs is 1. The van der Waals surface area contributed by atoms with Crippen LogP contribution in [0.2, 0.25) is 0 Å². The van der Waals surface area contributed by atoms with E-state index in [1.54, 1.807) is 6.07 Å². The molecule has 0 aromatic heterocycles. The Morgan fingerprint density at radius 1 is 0.960 bits per heavy atom. The highest BCUT2D eigenvalue weighted by molar-refractivity contribution is 6.10. The summed E-state index contributed by atoms with van der Waals surface area (Å²) in [5.41, 5.74) is 0.156. The molecular formula is C19H13NO5. The molecule has 25 heavy (non-hydrogen) atoms. The number of ketones is 1. The third kappa shape index (κ3) is 3.32. The molecule has 2 N–H and O–H groups in total. The van der Waals surface area contributed by atoms with Crippen molar-refractivity contribution in [1.82, 2.24) is 0 Å². The van der Waals surface area contributed by atoms with E-state index in [1.807, 2.05) is 24.3 Å². The van der Waals surface area contributed by atoms with Crippen molar-refractivity contribution in [2.24, 2.45) is 0 Å². The van der Waals surface area contributed by atoms with Crippen LogP contribution in [-0.4, -0.2) is 20.9 Å². The molecule has 0 spiro atoms. The lowest BCUT2D eigenvalue weighted by molar-refractivity contribution is -0.384. The number of non-ortho nitro benzene ring substituents is 1. The Labute approximate surface area is 142 Å². The fourth-order valence-corrected chi connectivity index (χ4v) is 2.47. The van der Waals surface area contributed by atoms with Crippen LogP contribution < -0.4 is 0 Å². The standard InChI is InChI=1S/C19H13NO5/c21-17(8-6-12-5-7-15(20(24)25)11-18(12)22)16-9-13-3-1-2-4-14(13)10-19(16)23/h1-11,22-23H/b8-6+. The largest absolute Gasteiger partial charge is 0.507 e. The highest BCUT2D eigenvalue weighted by Gasteiger charge is 2.11. The highest BCUT2D eigenvalue weighted by atomic mass is 16.6. The summed E-state index contributed by atoms with van der Waals surface area (Å²) in [6.07, 6.45) is 2.54. The molecule has 0 aliphatic heterocycles. The Morgan fingerprint density at radius 3 is 2.28 bits per heavy atom. The van der Waals surface area contributed by atoms with Crippen LogP contribution in [0.15, 0.2) is 60.7 Å². The molecule has 0 unspecified atom stereocenters. The molecule has 0 atom stereocenters. The van der Waals surface area contributed by atoms with Gasteiger partial charge in [-0.1, -0.05) is 24.3 Å². The van der Waals surface area contributed by atoms with Crippen LogP contribution in [0.3, 0.4) is 0 Å². The van der Waals surface area contributed by atoms with Gasteiger partial charge in [0.15, 0.2) is 5.78 Å². The predicted molar refractivity (Wildman–Crippen MR) is 93.7 cm³/mol. The number of nitro benzene ring substituents is 1. The average Bonchev–Trinajstić information content (AvgIpc) is 2.59. The first-order valence-corrected chi connectivity index (χ1v) is 7.37. The van der Waals surface area contributed by atoms with Crippen molar-refractivity contribution in [3.8, 4) is 11.5 Å². The minimum atomic E-state index is -0.620. The van der Waals surface area contributed by atoms with Gasteiger partial charge in [-0.15, -0.1) is 0 Å². The minimum Gasteiger partial charge on any atom is -0.507 e.